The number of furan rings is 1. The van der Waals surface area contributed by atoms with Gasteiger partial charge in [0.25, 0.3) is 0 Å². The molecule has 1 aliphatic rings. The van der Waals surface area contributed by atoms with Crippen LogP contribution in [0.3, 0.4) is 0 Å². The highest BCUT2D eigenvalue weighted by molar-refractivity contribution is 5.88. The van der Waals surface area contributed by atoms with E-state index in [1.54, 1.807) is 0 Å². The fourth-order valence-electron chi connectivity index (χ4n) is 2.28. The zero-order valence-electron chi connectivity index (χ0n) is 8.66. The van der Waals surface area contributed by atoms with E-state index in [9.17, 15) is 0 Å². The van der Waals surface area contributed by atoms with Crippen LogP contribution < -0.4 is 5.73 Å². The van der Waals surface area contributed by atoms with Gasteiger partial charge in [0.1, 0.15) is 11.3 Å². The van der Waals surface area contributed by atoms with E-state index in [4.69, 9.17) is 10.2 Å². The van der Waals surface area contributed by atoms with Crippen molar-refractivity contribution in [2.75, 3.05) is 5.73 Å². The first-order valence-corrected chi connectivity index (χ1v) is 5.24. The number of hydrogen-bond acceptors (Lipinski definition) is 2. The van der Waals surface area contributed by atoms with Crippen LogP contribution in [0.2, 0.25) is 0 Å². The van der Waals surface area contributed by atoms with Gasteiger partial charge < -0.3 is 10.2 Å². The molecule has 0 saturated carbocycles. The summed E-state index contributed by atoms with van der Waals surface area (Å²) < 4.78 is 5.77. The van der Waals surface area contributed by atoms with Gasteiger partial charge in [-0.1, -0.05) is 13.0 Å². The lowest BCUT2D eigenvalue weighted by Crippen LogP contribution is -1.96. The van der Waals surface area contributed by atoms with Crippen molar-refractivity contribution in [2.45, 2.75) is 19.3 Å². The highest BCUT2D eigenvalue weighted by Gasteiger charge is 2.20. The van der Waals surface area contributed by atoms with Crippen molar-refractivity contribution in [3.05, 3.63) is 35.6 Å². The molecule has 1 aliphatic carbocycles. The Morgan fingerprint density at radius 2 is 2.27 bits per heavy atom. The van der Waals surface area contributed by atoms with Crippen LogP contribution in [0.1, 0.15) is 30.6 Å². The van der Waals surface area contributed by atoms with E-state index >= 15 is 0 Å². The third-order valence-corrected chi connectivity index (χ3v) is 3.03. The largest absolute Gasteiger partial charge is 0.456 e. The standard InChI is InChI=1S/C13H13NO/c1-8-3-2-4-11-13(8)10-6-5-9(14)7-12(10)15-11/h2,4-8H,3,14H2,1H3. The molecule has 1 aromatic carbocycles. The quantitative estimate of drug-likeness (QED) is 0.659. The number of allylic oxidation sites excluding steroid dienone is 1. The molecular formula is C13H13NO. The summed E-state index contributed by atoms with van der Waals surface area (Å²) in [6, 6.07) is 5.89. The van der Waals surface area contributed by atoms with Gasteiger partial charge in [-0.05, 0) is 30.5 Å². The van der Waals surface area contributed by atoms with E-state index in [2.05, 4.69) is 25.1 Å². The maximum atomic E-state index is 5.77. The van der Waals surface area contributed by atoms with Crippen molar-refractivity contribution < 1.29 is 4.42 Å². The Morgan fingerprint density at radius 3 is 3.13 bits per heavy atom. The van der Waals surface area contributed by atoms with Crippen LogP contribution in [0, 0.1) is 0 Å². The zero-order chi connectivity index (χ0) is 10.4. The van der Waals surface area contributed by atoms with E-state index < -0.39 is 0 Å². The summed E-state index contributed by atoms with van der Waals surface area (Å²) >= 11 is 0. The molecule has 15 heavy (non-hydrogen) atoms. The molecule has 0 aliphatic heterocycles. The highest BCUT2D eigenvalue weighted by atomic mass is 16.3. The maximum Gasteiger partial charge on any atom is 0.137 e. The second-order valence-electron chi connectivity index (χ2n) is 4.17. The molecule has 2 N–H and O–H groups in total. The molecule has 0 bridgehead atoms. The molecule has 0 amide bonds. The summed E-state index contributed by atoms with van der Waals surface area (Å²) in [7, 11) is 0. The van der Waals surface area contributed by atoms with Gasteiger partial charge in [-0.15, -0.1) is 0 Å². The summed E-state index contributed by atoms with van der Waals surface area (Å²) in [5.41, 5.74) is 8.72. The van der Waals surface area contributed by atoms with Crippen molar-refractivity contribution in [3.63, 3.8) is 0 Å². The number of benzene rings is 1. The molecule has 2 nitrogen and oxygen atoms in total. The van der Waals surface area contributed by atoms with Gasteiger partial charge in [-0.2, -0.15) is 0 Å². The molecule has 76 valence electrons. The minimum absolute atomic E-state index is 0.537. The Morgan fingerprint density at radius 1 is 1.40 bits per heavy atom. The van der Waals surface area contributed by atoms with Gasteiger partial charge in [0.05, 0.1) is 0 Å². The molecule has 2 heteroatoms. The van der Waals surface area contributed by atoms with Crippen molar-refractivity contribution in [1.29, 1.82) is 0 Å². The lowest BCUT2D eigenvalue weighted by Gasteiger charge is -2.12. The fourth-order valence-corrected chi connectivity index (χ4v) is 2.28. The predicted octanol–water partition coefficient (Wildman–Crippen LogP) is 3.54. The molecule has 1 atom stereocenters. The average Bonchev–Trinajstić information content (AvgIpc) is 2.56. The van der Waals surface area contributed by atoms with Crippen molar-refractivity contribution in [3.8, 4) is 0 Å². The number of anilines is 1. The van der Waals surface area contributed by atoms with E-state index in [1.165, 1.54) is 10.9 Å². The minimum atomic E-state index is 0.537. The Hall–Kier alpha value is -1.70. The van der Waals surface area contributed by atoms with Gasteiger partial charge in [-0.25, -0.2) is 0 Å². The Bertz CT molecular complexity index is 551. The van der Waals surface area contributed by atoms with Gasteiger partial charge in [0, 0.05) is 22.7 Å². The molecule has 0 fully saturated rings. The number of fused-ring (bicyclic) bond motifs is 3. The second-order valence-corrected chi connectivity index (χ2v) is 4.17. The molecule has 1 unspecified atom stereocenters. The average molecular weight is 199 g/mol. The number of nitrogens with two attached hydrogens (primary N) is 1. The van der Waals surface area contributed by atoms with Crippen LogP contribution >= 0.6 is 0 Å². The van der Waals surface area contributed by atoms with Crippen LogP contribution in [-0.2, 0) is 0 Å². The first-order valence-electron chi connectivity index (χ1n) is 5.24. The summed E-state index contributed by atoms with van der Waals surface area (Å²) in [5, 5.41) is 1.20. The van der Waals surface area contributed by atoms with Crippen molar-refractivity contribution in [1.82, 2.24) is 0 Å². The van der Waals surface area contributed by atoms with Crippen LogP contribution in [0.5, 0.6) is 0 Å². The Kier molecular flexibility index (Phi) is 1.66. The summed E-state index contributed by atoms with van der Waals surface area (Å²) in [5.74, 6) is 1.53. The SMILES string of the molecule is CC1CC=Cc2oc3cc(N)ccc3c21. The lowest BCUT2D eigenvalue weighted by atomic mass is 9.91. The Balaban J connectivity index is 2.37. The first-order chi connectivity index (χ1) is 7.25. The van der Waals surface area contributed by atoms with E-state index in [0.717, 1.165) is 23.5 Å². The van der Waals surface area contributed by atoms with Gasteiger partial charge in [-0.3, -0.25) is 0 Å². The van der Waals surface area contributed by atoms with E-state index in [0.29, 0.717) is 5.92 Å². The number of rotatable bonds is 0. The monoisotopic (exact) mass is 199 g/mol. The summed E-state index contributed by atoms with van der Waals surface area (Å²) in [6.07, 6.45) is 5.32. The van der Waals surface area contributed by atoms with Crippen LogP contribution in [-0.4, -0.2) is 0 Å². The molecule has 1 aromatic heterocycles. The lowest BCUT2D eigenvalue weighted by molar-refractivity contribution is 0.586. The Labute approximate surface area is 88.4 Å². The fraction of sp³-hybridized carbons (Fsp3) is 0.231. The van der Waals surface area contributed by atoms with E-state index in [1.807, 2.05) is 12.1 Å². The predicted molar refractivity (Wildman–Crippen MR) is 62.7 cm³/mol. The van der Waals surface area contributed by atoms with E-state index in [-0.39, 0.29) is 0 Å². The van der Waals surface area contributed by atoms with Gasteiger partial charge in [0.2, 0.25) is 0 Å². The van der Waals surface area contributed by atoms with Crippen molar-refractivity contribution in [2.24, 2.45) is 0 Å². The summed E-state index contributed by atoms with van der Waals surface area (Å²) in [6.45, 7) is 2.23. The smallest absolute Gasteiger partial charge is 0.137 e. The molecule has 0 spiro atoms. The maximum absolute atomic E-state index is 5.77. The van der Waals surface area contributed by atoms with Crippen LogP contribution in [0.25, 0.3) is 17.0 Å². The third kappa shape index (κ3) is 1.18. The van der Waals surface area contributed by atoms with Crippen LogP contribution in [0.4, 0.5) is 5.69 Å². The topological polar surface area (TPSA) is 39.2 Å². The molecule has 3 rings (SSSR count). The molecule has 0 radical (unpaired) electrons. The zero-order valence-corrected chi connectivity index (χ0v) is 8.66. The number of nitrogen functional groups attached to an aromatic ring is 1. The van der Waals surface area contributed by atoms with Gasteiger partial charge >= 0.3 is 0 Å². The number of hydrogen-bond donors (Lipinski definition) is 1. The normalized spacial score (nSPS) is 19.4. The molecule has 0 saturated heterocycles. The third-order valence-electron chi connectivity index (χ3n) is 3.03. The van der Waals surface area contributed by atoms with Crippen molar-refractivity contribution >= 4 is 22.7 Å². The van der Waals surface area contributed by atoms with Gasteiger partial charge in [0.15, 0.2) is 0 Å². The first kappa shape index (κ1) is 8.60. The molecule has 2 aromatic rings. The minimum Gasteiger partial charge on any atom is -0.456 e. The van der Waals surface area contributed by atoms with Crippen LogP contribution in [0.15, 0.2) is 28.7 Å². The highest BCUT2D eigenvalue weighted by Crippen LogP contribution is 2.37. The molecule has 1 heterocycles. The summed E-state index contributed by atoms with van der Waals surface area (Å²) in [4.78, 5) is 0. The second kappa shape index (κ2) is 2.89. The molecular weight excluding hydrogens is 186 g/mol.